The minimum absolute atomic E-state index is 0.0644. The van der Waals surface area contributed by atoms with Crippen molar-refractivity contribution >= 4 is 29.1 Å². The van der Waals surface area contributed by atoms with Crippen molar-refractivity contribution < 1.29 is 48.0 Å². The Balaban J connectivity index is 1.70. The minimum Gasteiger partial charge on any atom is -0.508 e. The van der Waals surface area contributed by atoms with Gasteiger partial charge >= 0.3 is 6.08 Å². The zero-order chi connectivity index (χ0) is 28.4. The first-order valence-corrected chi connectivity index (χ1v) is 12.7. The molecule has 0 unspecified atom stereocenters. The molecule has 0 bridgehead atoms. The number of fused-ring (bicyclic) bond motifs is 3. The number of ketones is 2. The van der Waals surface area contributed by atoms with Gasteiger partial charge in [-0.25, -0.2) is 4.39 Å². The van der Waals surface area contributed by atoms with E-state index >= 15 is 0 Å². The van der Waals surface area contributed by atoms with Gasteiger partial charge in [0.25, 0.3) is 5.91 Å². The lowest BCUT2D eigenvalue weighted by atomic mass is 9.59. The molecule has 5 rings (SSSR count). The third kappa shape index (κ3) is 4.04. The van der Waals surface area contributed by atoms with E-state index in [-0.39, 0.29) is 30.5 Å². The smallest absolute Gasteiger partial charge is 0.306 e. The predicted molar refractivity (Wildman–Crippen MR) is 131 cm³/mol. The van der Waals surface area contributed by atoms with Gasteiger partial charge in [-0.1, -0.05) is 6.42 Å². The number of phenols is 1. The lowest BCUT2D eigenvalue weighted by molar-refractivity contribution is -0.147. The van der Waals surface area contributed by atoms with Crippen LogP contribution < -0.4 is 5.73 Å². The van der Waals surface area contributed by atoms with E-state index in [0.717, 1.165) is 25.3 Å². The zero-order valence-electron chi connectivity index (χ0n) is 20.8. The van der Waals surface area contributed by atoms with E-state index in [1.807, 2.05) is 4.90 Å². The number of hydrogen-bond donors (Lipinski definition) is 5. The molecule has 208 valence electrons. The van der Waals surface area contributed by atoms with Crippen LogP contribution in [0.5, 0.6) is 5.75 Å². The molecule has 12 heteroatoms. The second kappa shape index (κ2) is 9.53. The van der Waals surface area contributed by atoms with E-state index in [0.29, 0.717) is 13.1 Å². The van der Waals surface area contributed by atoms with E-state index in [9.17, 15) is 48.0 Å². The highest BCUT2D eigenvalue weighted by atomic mass is 19.3. The van der Waals surface area contributed by atoms with Gasteiger partial charge < -0.3 is 26.2 Å². The van der Waals surface area contributed by atoms with Gasteiger partial charge in [0, 0.05) is 35.6 Å². The number of rotatable bonds is 4. The molecule has 1 aromatic carbocycles. The minimum atomic E-state index is -2.75. The molecular weight excluding hydrogens is 521 g/mol. The summed E-state index contributed by atoms with van der Waals surface area (Å²) in [5.41, 5.74) is 0.0484. The molecule has 1 heterocycles. The maximum Gasteiger partial charge on any atom is 0.306 e. The van der Waals surface area contributed by atoms with Gasteiger partial charge in [0.2, 0.25) is 5.78 Å². The lowest BCUT2D eigenvalue weighted by Crippen LogP contribution is -2.58. The number of aromatic hydroxyl groups is 1. The number of carbonyl (C=O) groups is 3. The van der Waals surface area contributed by atoms with Crippen molar-refractivity contribution in [3.63, 3.8) is 0 Å². The monoisotopic (exact) mass is 548 g/mol. The van der Waals surface area contributed by atoms with E-state index in [1.165, 1.54) is 0 Å². The molecule has 39 heavy (non-hydrogen) atoms. The summed E-state index contributed by atoms with van der Waals surface area (Å²) in [5.74, 6) is -10.1. The number of primary amides is 1. The van der Waals surface area contributed by atoms with E-state index in [4.69, 9.17) is 5.73 Å². The standard InChI is InChI=1S/C27H27F3N2O7/c28-20(25(29)30)15-8-12(10-32-4-2-1-3-5-32)21(34)18-14(15)7-11-6-13-9-16(33)19(26(31)38)24(37)27(13,39)23(36)17(11)22(18)35/h8,11,13,34-35,37,39H,1-7,9-10H2,(H2,31,38)/t11-,13+,27+/m1/s1. The van der Waals surface area contributed by atoms with Crippen LogP contribution in [0.15, 0.2) is 29.1 Å². The van der Waals surface area contributed by atoms with Crippen LogP contribution in [0.25, 0.3) is 11.6 Å². The zero-order valence-corrected chi connectivity index (χ0v) is 20.8. The topological polar surface area (TPSA) is 161 Å². The van der Waals surface area contributed by atoms with Crippen LogP contribution in [0.3, 0.4) is 0 Å². The Labute approximate surface area is 220 Å². The fourth-order valence-corrected chi connectivity index (χ4v) is 6.52. The molecule has 3 atom stereocenters. The largest absolute Gasteiger partial charge is 0.508 e. The molecule has 0 aromatic heterocycles. The third-order valence-corrected chi connectivity index (χ3v) is 8.39. The van der Waals surface area contributed by atoms with E-state index < -0.39 is 92.8 Å². The van der Waals surface area contributed by atoms with Gasteiger partial charge in [0.05, 0.1) is 5.56 Å². The van der Waals surface area contributed by atoms with Crippen LogP contribution in [0.2, 0.25) is 0 Å². The second-order valence-electron chi connectivity index (χ2n) is 10.6. The summed E-state index contributed by atoms with van der Waals surface area (Å²) >= 11 is 0. The quantitative estimate of drug-likeness (QED) is 0.359. The normalized spacial score (nSPS) is 27.2. The first-order chi connectivity index (χ1) is 18.4. The van der Waals surface area contributed by atoms with Gasteiger partial charge in [-0.05, 0) is 56.3 Å². The Morgan fingerprint density at radius 2 is 1.74 bits per heavy atom. The van der Waals surface area contributed by atoms with Crippen LogP contribution in [0, 0.1) is 11.8 Å². The Bertz CT molecular complexity index is 1410. The lowest BCUT2D eigenvalue weighted by Gasteiger charge is -2.46. The summed E-state index contributed by atoms with van der Waals surface area (Å²) in [6, 6.07) is 1.12. The molecule has 6 N–H and O–H groups in total. The Morgan fingerprint density at radius 3 is 2.36 bits per heavy atom. The third-order valence-electron chi connectivity index (χ3n) is 8.39. The molecule has 2 fully saturated rings. The average Bonchev–Trinajstić information content (AvgIpc) is 2.87. The van der Waals surface area contributed by atoms with Crippen LogP contribution >= 0.6 is 0 Å². The van der Waals surface area contributed by atoms with Gasteiger partial charge in [-0.2, -0.15) is 8.78 Å². The van der Waals surface area contributed by atoms with Crippen LogP contribution in [0.1, 0.15) is 54.4 Å². The van der Waals surface area contributed by atoms with Gasteiger partial charge in [-0.15, -0.1) is 0 Å². The average molecular weight is 549 g/mol. The van der Waals surface area contributed by atoms with Gasteiger partial charge in [0.1, 0.15) is 22.8 Å². The highest BCUT2D eigenvalue weighted by molar-refractivity contribution is 6.22. The van der Waals surface area contributed by atoms with Crippen LogP contribution in [-0.2, 0) is 27.3 Å². The van der Waals surface area contributed by atoms with Crippen molar-refractivity contribution in [3.8, 4) is 5.75 Å². The van der Waals surface area contributed by atoms with Crippen molar-refractivity contribution in [2.45, 2.75) is 50.7 Å². The highest BCUT2D eigenvalue weighted by Crippen LogP contribution is 2.53. The number of piperidine rings is 1. The first-order valence-electron chi connectivity index (χ1n) is 12.7. The summed E-state index contributed by atoms with van der Waals surface area (Å²) in [7, 11) is 0. The summed E-state index contributed by atoms with van der Waals surface area (Å²) in [5, 5.41) is 44.4. The molecule has 9 nitrogen and oxygen atoms in total. The summed E-state index contributed by atoms with van der Waals surface area (Å²) in [4.78, 5) is 39.8. The molecule has 0 spiro atoms. The molecular formula is C27H27F3N2O7. The van der Waals surface area contributed by atoms with Crippen molar-refractivity contribution in [3.05, 3.63) is 51.3 Å². The Morgan fingerprint density at radius 1 is 1.08 bits per heavy atom. The summed E-state index contributed by atoms with van der Waals surface area (Å²) in [6.07, 6.45) is -0.824. The summed E-state index contributed by atoms with van der Waals surface area (Å²) in [6.45, 7) is 1.40. The number of nitrogens with zero attached hydrogens (tertiary/aromatic N) is 1. The molecule has 1 aliphatic heterocycles. The number of aliphatic hydroxyl groups excluding tert-OH is 2. The van der Waals surface area contributed by atoms with Gasteiger partial charge in [-0.3, -0.25) is 19.3 Å². The van der Waals surface area contributed by atoms with Crippen molar-refractivity contribution in [1.82, 2.24) is 4.90 Å². The van der Waals surface area contributed by atoms with Crippen molar-refractivity contribution in [1.29, 1.82) is 0 Å². The number of benzene rings is 1. The molecule has 1 amide bonds. The fourth-order valence-electron chi connectivity index (χ4n) is 6.52. The Kier molecular flexibility index (Phi) is 6.58. The molecule has 1 aromatic rings. The number of aliphatic hydroxyl groups is 3. The molecule has 1 saturated carbocycles. The number of nitrogens with two attached hydrogens (primary N) is 1. The maximum atomic E-state index is 14.8. The first kappa shape index (κ1) is 26.9. The number of carbonyl (C=O) groups excluding carboxylic acids is 3. The summed E-state index contributed by atoms with van der Waals surface area (Å²) < 4.78 is 41.8. The van der Waals surface area contributed by atoms with E-state index in [2.05, 4.69) is 0 Å². The molecule has 4 aliphatic rings. The highest BCUT2D eigenvalue weighted by Gasteiger charge is 2.60. The van der Waals surface area contributed by atoms with Crippen LogP contribution in [0.4, 0.5) is 13.2 Å². The SMILES string of the molecule is NC(=O)C1=C(O)[C@@]2(O)C(=O)C3=C(O)c4c(O)c(CN5CCCCC5)cc(C(F)=C(F)F)c4C[C@H]3C[C@H]2CC1=O. The van der Waals surface area contributed by atoms with Crippen molar-refractivity contribution in [2.75, 3.05) is 13.1 Å². The molecule has 3 aliphatic carbocycles. The number of phenolic OH excluding ortho intramolecular Hbond substituents is 1. The number of amides is 1. The van der Waals surface area contributed by atoms with E-state index in [1.54, 1.807) is 0 Å². The molecule has 1 saturated heterocycles. The number of Topliss-reactive ketones (excluding diaryl/α,β-unsaturated/α-hetero) is 2. The number of likely N-dealkylation sites (tertiary alicyclic amines) is 1. The maximum absolute atomic E-state index is 14.8. The predicted octanol–water partition coefficient (Wildman–Crippen LogP) is 2.94. The van der Waals surface area contributed by atoms with Gasteiger partial charge in [0.15, 0.2) is 17.2 Å². The molecule has 0 radical (unpaired) electrons. The number of halogens is 3. The van der Waals surface area contributed by atoms with Crippen LogP contribution in [-0.4, -0.2) is 61.5 Å². The number of hydrogen-bond acceptors (Lipinski definition) is 8. The fraction of sp³-hybridized carbons (Fsp3) is 0.444. The van der Waals surface area contributed by atoms with Crippen molar-refractivity contribution in [2.24, 2.45) is 17.6 Å². The Hall–Kier alpha value is -3.64. The second-order valence-corrected chi connectivity index (χ2v) is 10.6.